The van der Waals surface area contributed by atoms with E-state index in [4.69, 9.17) is 4.74 Å². The minimum atomic E-state index is -0.536. The predicted molar refractivity (Wildman–Crippen MR) is 73.9 cm³/mol. The third-order valence-electron chi connectivity index (χ3n) is 3.27. The highest BCUT2D eigenvalue weighted by Crippen LogP contribution is 2.29. The largest absolute Gasteiger partial charge is 0.496 e. The Morgan fingerprint density at radius 1 is 1.60 bits per heavy atom. The number of methoxy groups -OCH3 is 1. The van der Waals surface area contributed by atoms with Gasteiger partial charge in [0, 0.05) is 12.5 Å². The molecule has 1 aliphatic heterocycles. The summed E-state index contributed by atoms with van der Waals surface area (Å²) in [5, 5.41) is 16.8. The van der Waals surface area contributed by atoms with Crippen LogP contribution < -0.4 is 15.4 Å². The van der Waals surface area contributed by atoms with Gasteiger partial charge in [0.05, 0.1) is 18.1 Å². The van der Waals surface area contributed by atoms with E-state index in [1.165, 1.54) is 19.2 Å². The number of nitro groups is 1. The van der Waals surface area contributed by atoms with Crippen LogP contribution in [0.3, 0.4) is 0 Å². The summed E-state index contributed by atoms with van der Waals surface area (Å²) in [5.74, 6) is 0.157. The van der Waals surface area contributed by atoms with Gasteiger partial charge in [-0.1, -0.05) is 0 Å². The second-order valence-electron chi connectivity index (χ2n) is 4.69. The van der Waals surface area contributed by atoms with Crippen molar-refractivity contribution >= 4 is 17.3 Å². The number of benzene rings is 1. The van der Waals surface area contributed by atoms with E-state index in [1.807, 2.05) is 0 Å². The van der Waals surface area contributed by atoms with Crippen molar-refractivity contribution in [3.8, 4) is 5.75 Å². The quantitative estimate of drug-likeness (QED) is 0.632. The van der Waals surface area contributed by atoms with E-state index in [-0.39, 0.29) is 23.3 Å². The molecule has 1 amide bonds. The first kappa shape index (κ1) is 14.3. The lowest BCUT2D eigenvalue weighted by Gasteiger charge is -2.11. The van der Waals surface area contributed by atoms with Gasteiger partial charge < -0.3 is 15.4 Å². The molecule has 0 radical (unpaired) electrons. The molecule has 0 bridgehead atoms. The minimum absolute atomic E-state index is 0.160. The van der Waals surface area contributed by atoms with Crippen molar-refractivity contribution in [1.82, 2.24) is 5.32 Å². The SMILES string of the molecule is COc1ccc(NC(=O)CC2CCCN2)c([N+](=O)[O-])c1. The summed E-state index contributed by atoms with van der Waals surface area (Å²) in [5.41, 5.74) is 0.0240. The lowest BCUT2D eigenvalue weighted by molar-refractivity contribution is -0.384. The Bertz CT molecular complexity index is 512. The van der Waals surface area contributed by atoms with Crippen molar-refractivity contribution in [2.24, 2.45) is 0 Å². The van der Waals surface area contributed by atoms with E-state index < -0.39 is 4.92 Å². The van der Waals surface area contributed by atoms with Crippen molar-refractivity contribution in [2.75, 3.05) is 19.0 Å². The number of ether oxygens (including phenoxy) is 1. The standard InChI is InChI=1S/C13H17N3O4/c1-20-10-4-5-11(12(8-10)16(18)19)15-13(17)7-9-3-2-6-14-9/h4-5,8-9,14H,2-3,6-7H2,1H3,(H,15,17). The van der Waals surface area contributed by atoms with E-state index in [1.54, 1.807) is 6.07 Å². The third kappa shape index (κ3) is 3.45. The minimum Gasteiger partial charge on any atom is -0.496 e. The van der Waals surface area contributed by atoms with E-state index in [2.05, 4.69) is 10.6 Å². The Hall–Kier alpha value is -2.15. The monoisotopic (exact) mass is 279 g/mol. The van der Waals surface area contributed by atoms with Crippen LogP contribution in [0.1, 0.15) is 19.3 Å². The maximum Gasteiger partial charge on any atom is 0.296 e. The van der Waals surface area contributed by atoms with Crippen molar-refractivity contribution in [1.29, 1.82) is 0 Å². The molecule has 0 aromatic heterocycles. The van der Waals surface area contributed by atoms with Crippen LogP contribution in [0.2, 0.25) is 0 Å². The molecular weight excluding hydrogens is 262 g/mol. The summed E-state index contributed by atoms with van der Waals surface area (Å²) in [4.78, 5) is 22.4. The number of nitro benzene ring substituents is 1. The fraction of sp³-hybridized carbons (Fsp3) is 0.462. The van der Waals surface area contributed by atoms with Gasteiger partial charge in [-0.2, -0.15) is 0 Å². The van der Waals surface area contributed by atoms with Gasteiger partial charge in [0.2, 0.25) is 5.91 Å². The summed E-state index contributed by atoms with van der Waals surface area (Å²) in [7, 11) is 1.43. The lowest BCUT2D eigenvalue weighted by Crippen LogP contribution is -2.27. The number of anilines is 1. The van der Waals surface area contributed by atoms with Crippen molar-refractivity contribution in [3.63, 3.8) is 0 Å². The topological polar surface area (TPSA) is 93.5 Å². The maximum absolute atomic E-state index is 11.9. The number of hydrogen-bond acceptors (Lipinski definition) is 5. The first-order valence-electron chi connectivity index (χ1n) is 6.46. The fourth-order valence-corrected chi connectivity index (χ4v) is 2.25. The molecule has 0 aliphatic carbocycles. The maximum atomic E-state index is 11.9. The molecule has 0 spiro atoms. The number of carbonyl (C=O) groups excluding carboxylic acids is 1. The third-order valence-corrected chi connectivity index (χ3v) is 3.27. The van der Waals surface area contributed by atoms with Gasteiger partial charge in [-0.25, -0.2) is 0 Å². The zero-order valence-corrected chi connectivity index (χ0v) is 11.2. The molecule has 1 aliphatic rings. The van der Waals surface area contributed by atoms with Crippen molar-refractivity contribution in [2.45, 2.75) is 25.3 Å². The first-order valence-corrected chi connectivity index (χ1v) is 6.46. The van der Waals surface area contributed by atoms with Crippen LogP contribution >= 0.6 is 0 Å². The molecule has 0 saturated carbocycles. The molecule has 7 nitrogen and oxygen atoms in total. The lowest BCUT2D eigenvalue weighted by atomic mass is 10.1. The van der Waals surface area contributed by atoms with Gasteiger partial charge in [0.25, 0.3) is 5.69 Å². The van der Waals surface area contributed by atoms with Crippen LogP contribution in [0.4, 0.5) is 11.4 Å². The Labute approximate surface area is 116 Å². The molecule has 1 aromatic rings. The Kier molecular flexibility index (Phi) is 4.52. The molecule has 1 atom stereocenters. The van der Waals surface area contributed by atoms with Crippen molar-refractivity contribution < 1.29 is 14.5 Å². The highest BCUT2D eigenvalue weighted by Gasteiger charge is 2.21. The fourth-order valence-electron chi connectivity index (χ4n) is 2.25. The van der Waals surface area contributed by atoms with Crippen LogP contribution in [0.5, 0.6) is 5.75 Å². The molecular formula is C13H17N3O4. The van der Waals surface area contributed by atoms with E-state index >= 15 is 0 Å². The van der Waals surface area contributed by atoms with Gasteiger partial charge >= 0.3 is 0 Å². The number of amides is 1. The second-order valence-corrected chi connectivity index (χ2v) is 4.69. The normalized spacial score (nSPS) is 17.8. The van der Waals surface area contributed by atoms with Gasteiger partial charge in [0.1, 0.15) is 11.4 Å². The van der Waals surface area contributed by atoms with E-state index in [9.17, 15) is 14.9 Å². The van der Waals surface area contributed by atoms with Gasteiger partial charge in [-0.15, -0.1) is 0 Å². The Morgan fingerprint density at radius 3 is 3.00 bits per heavy atom. The van der Waals surface area contributed by atoms with E-state index in [0.717, 1.165) is 19.4 Å². The van der Waals surface area contributed by atoms with Crippen LogP contribution in [0.15, 0.2) is 18.2 Å². The molecule has 108 valence electrons. The highest BCUT2D eigenvalue weighted by molar-refractivity contribution is 5.93. The molecule has 2 N–H and O–H groups in total. The number of carbonyl (C=O) groups is 1. The molecule has 1 heterocycles. The molecule has 1 aromatic carbocycles. The smallest absolute Gasteiger partial charge is 0.296 e. The zero-order valence-electron chi connectivity index (χ0n) is 11.2. The summed E-state index contributed by atoms with van der Waals surface area (Å²) < 4.78 is 4.95. The molecule has 1 saturated heterocycles. The molecule has 1 fully saturated rings. The van der Waals surface area contributed by atoms with E-state index in [0.29, 0.717) is 12.2 Å². The Morgan fingerprint density at radius 2 is 2.40 bits per heavy atom. The van der Waals surface area contributed by atoms with Crippen molar-refractivity contribution in [3.05, 3.63) is 28.3 Å². The number of nitrogens with one attached hydrogen (secondary N) is 2. The molecule has 1 unspecified atom stereocenters. The number of nitrogens with zero attached hydrogens (tertiary/aromatic N) is 1. The average molecular weight is 279 g/mol. The predicted octanol–water partition coefficient (Wildman–Crippen LogP) is 1.68. The molecule has 2 rings (SSSR count). The Balaban J connectivity index is 2.07. The van der Waals surface area contributed by atoms with Crippen LogP contribution in [-0.4, -0.2) is 30.5 Å². The van der Waals surface area contributed by atoms with Gasteiger partial charge in [-0.05, 0) is 31.5 Å². The van der Waals surface area contributed by atoms with Gasteiger partial charge in [0.15, 0.2) is 0 Å². The van der Waals surface area contributed by atoms with Crippen LogP contribution in [0.25, 0.3) is 0 Å². The molecule has 20 heavy (non-hydrogen) atoms. The second kappa shape index (κ2) is 6.33. The summed E-state index contributed by atoms with van der Waals surface area (Å²) in [6.07, 6.45) is 2.34. The number of rotatable bonds is 5. The van der Waals surface area contributed by atoms with Gasteiger partial charge in [-0.3, -0.25) is 14.9 Å². The highest BCUT2D eigenvalue weighted by atomic mass is 16.6. The summed E-state index contributed by atoms with van der Waals surface area (Å²) in [6, 6.07) is 4.52. The first-order chi connectivity index (χ1) is 9.60. The van der Waals surface area contributed by atoms with Crippen LogP contribution in [-0.2, 0) is 4.79 Å². The average Bonchev–Trinajstić information content (AvgIpc) is 2.91. The zero-order chi connectivity index (χ0) is 14.5. The molecule has 7 heteroatoms. The summed E-state index contributed by atoms with van der Waals surface area (Å²) >= 11 is 0. The number of hydrogen-bond donors (Lipinski definition) is 2. The van der Waals surface area contributed by atoms with Crippen LogP contribution in [0, 0.1) is 10.1 Å². The summed E-state index contributed by atoms with van der Waals surface area (Å²) in [6.45, 7) is 0.917.